The summed E-state index contributed by atoms with van der Waals surface area (Å²) in [4.78, 5) is 28.9. The van der Waals surface area contributed by atoms with E-state index in [1.165, 1.54) is 6.07 Å². The molecule has 4 aromatic rings. The van der Waals surface area contributed by atoms with Gasteiger partial charge in [-0.3, -0.25) is 14.9 Å². The summed E-state index contributed by atoms with van der Waals surface area (Å²) in [6.07, 6.45) is 4.32. The van der Waals surface area contributed by atoms with Crippen LogP contribution in [0.4, 0.5) is 4.39 Å². The number of para-hydroxylation sites is 2. The zero-order valence-corrected chi connectivity index (χ0v) is 17.0. The molecule has 0 spiro atoms. The molecule has 0 fully saturated rings. The van der Waals surface area contributed by atoms with E-state index in [9.17, 15) is 14.0 Å². The molecule has 0 saturated carbocycles. The smallest absolute Gasteiger partial charge is 0.259 e. The van der Waals surface area contributed by atoms with Crippen LogP contribution in [-0.4, -0.2) is 35.0 Å². The highest BCUT2D eigenvalue weighted by Crippen LogP contribution is 2.38. The molecule has 2 aromatic carbocycles. The van der Waals surface area contributed by atoms with Crippen molar-refractivity contribution in [3.8, 4) is 0 Å². The Balaban J connectivity index is 1.76. The maximum atomic E-state index is 14.8. The normalized spacial score (nSPS) is 14.3. The molecule has 7 heteroatoms. The Hall–Kier alpha value is -3.71. The number of nitrogens with one attached hydrogen (secondary N) is 3. The lowest BCUT2D eigenvalue weighted by molar-refractivity contribution is -0.122. The van der Waals surface area contributed by atoms with Crippen LogP contribution >= 0.6 is 0 Å². The van der Waals surface area contributed by atoms with Crippen LogP contribution in [0.2, 0.25) is 0 Å². The fraction of sp³-hybridized carbons (Fsp3) is 0.167. The van der Waals surface area contributed by atoms with E-state index in [2.05, 4.69) is 15.6 Å². The van der Waals surface area contributed by atoms with Crippen molar-refractivity contribution in [2.24, 2.45) is 0 Å². The third kappa shape index (κ3) is 3.05. The van der Waals surface area contributed by atoms with Crippen molar-refractivity contribution in [3.05, 3.63) is 71.8 Å². The maximum Gasteiger partial charge on any atom is 0.259 e. The lowest BCUT2D eigenvalue weighted by atomic mass is 9.95. The molecule has 0 bridgehead atoms. The summed E-state index contributed by atoms with van der Waals surface area (Å²) in [7, 11) is 1.87. The van der Waals surface area contributed by atoms with Crippen LogP contribution in [-0.2, 0) is 16.1 Å². The predicted octanol–water partition coefficient (Wildman–Crippen LogP) is 3.44. The van der Waals surface area contributed by atoms with Crippen LogP contribution in [0.3, 0.4) is 0 Å². The van der Waals surface area contributed by atoms with E-state index >= 15 is 0 Å². The van der Waals surface area contributed by atoms with Crippen molar-refractivity contribution in [2.75, 3.05) is 13.6 Å². The first-order chi connectivity index (χ1) is 15.1. The SMILES string of the molecule is CNCCCn1cc(C2=C(c3c[nH]c4ccccc34)C(=O)NC2=O)c2cccc(F)c21. The Labute approximate surface area is 177 Å². The average Bonchev–Trinajstić information content (AvgIpc) is 3.42. The number of amides is 2. The summed E-state index contributed by atoms with van der Waals surface area (Å²) in [5.41, 5.74) is 3.10. The van der Waals surface area contributed by atoms with E-state index in [0.717, 1.165) is 23.9 Å². The minimum Gasteiger partial charge on any atom is -0.361 e. The van der Waals surface area contributed by atoms with Gasteiger partial charge in [0, 0.05) is 46.4 Å². The number of benzene rings is 2. The fourth-order valence-electron chi connectivity index (χ4n) is 4.36. The molecule has 31 heavy (non-hydrogen) atoms. The van der Waals surface area contributed by atoms with E-state index in [0.29, 0.717) is 34.1 Å². The second-order valence-corrected chi connectivity index (χ2v) is 7.61. The van der Waals surface area contributed by atoms with Crippen molar-refractivity contribution in [3.63, 3.8) is 0 Å². The van der Waals surface area contributed by atoms with Crippen molar-refractivity contribution >= 4 is 44.8 Å². The monoisotopic (exact) mass is 416 g/mol. The van der Waals surface area contributed by atoms with Crippen molar-refractivity contribution in [1.29, 1.82) is 0 Å². The third-order valence-corrected chi connectivity index (χ3v) is 5.73. The molecule has 3 heterocycles. The van der Waals surface area contributed by atoms with Gasteiger partial charge in [0.25, 0.3) is 11.8 Å². The van der Waals surface area contributed by atoms with Gasteiger partial charge in [-0.15, -0.1) is 0 Å². The van der Waals surface area contributed by atoms with Gasteiger partial charge in [-0.25, -0.2) is 4.39 Å². The quantitative estimate of drug-likeness (QED) is 0.333. The molecular formula is C24H21FN4O2. The Morgan fingerprint density at radius 1 is 0.968 bits per heavy atom. The van der Waals surface area contributed by atoms with Gasteiger partial charge in [0.05, 0.1) is 16.7 Å². The first-order valence-electron chi connectivity index (χ1n) is 10.2. The van der Waals surface area contributed by atoms with Gasteiger partial charge in [-0.1, -0.05) is 30.3 Å². The number of carbonyl (C=O) groups excluding carboxylic acids is 2. The van der Waals surface area contributed by atoms with Gasteiger partial charge in [-0.05, 0) is 32.1 Å². The van der Waals surface area contributed by atoms with Crippen molar-refractivity contribution in [2.45, 2.75) is 13.0 Å². The second kappa shape index (κ2) is 7.52. The number of imide groups is 1. The van der Waals surface area contributed by atoms with Gasteiger partial charge in [0.1, 0.15) is 5.82 Å². The molecule has 0 unspecified atom stereocenters. The van der Waals surface area contributed by atoms with E-state index in [4.69, 9.17) is 0 Å². The molecule has 3 N–H and O–H groups in total. The van der Waals surface area contributed by atoms with Gasteiger partial charge < -0.3 is 14.9 Å². The number of aryl methyl sites for hydroxylation is 1. The van der Waals surface area contributed by atoms with Crippen molar-refractivity contribution in [1.82, 2.24) is 20.2 Å². The average molecular weight is 416 g/mol. The number of aromatic amines is 1. The first-order valence-corrected chi connectivity index (χ1v) is 10.2. The molecule has 0 saturated heterocycles. The molecule has 0 aliphatic carbocycles. The number of halogens is 1. The Morgan fingerprint density at radius 2 is 1.71 bits per heavy atom. The molecule has 0 radical (unpaired) electrons. The lowest BCUT2D eigenvalue weighted by Crippen LogP contribution is -2.22. The number of hydrogen-bond donors (Lipinski definition) is 3. The predicted molar refractivity (Wildman–Crippen MR) is 119 cm³/mol. The molecule has 156 valence electrons. The van der Waals surface area contributed by atoms with Crippen molar-refractivity contribution < 1.29 is 14.0 Å². The zero-order chi connectivity index (χ0) is 21.5. The van der Waals surface area contributed by atoms with Gasteiger partial charge in [0.2, 0.25) is 0 Å². The van der Waals surface area contributed by atoms with Crippen LogP contribution < -0.4 is 10.6 Å². The minimum absolute atomic E-state index is 0.276. The molecule has 2 amide bonds. The Kier molecular flexibility index (Phi) is 4.67. The second-order valence-electron chi connectivity index (χ2n) is 7.61. The fourth-order valence-corrected chi connectivity index (χ4v) is 4.36. The summed E-state index contributed by atoms with van der Waals surface area (Å²) < 4.78 is 16.6. The van der Waals surface area contributed by atoms with Crippen LogP contribution in [0.5, 0.6) is 0 Å². The van der Waals surface area contributed by atoms with Gasteiger partial charge in [0.15, 0.2) is 0 Å². The molecule has 6 nitrogen and oxygen atoms in total. The zero-order valence-electron chi connectivity index (χ0n) is 17.0. The third-order valence-electron chi connectivity index (χ3n) is 5.73. The summed E-state index contributed by atoms with van der Waals surface area (Å²) in [5.74, 6) is -1.27. The van der Waals surface area contributed by atoms with E-state index in [1.807, 2.05) is 35.9 Å². The van der Waals surface area contributed by atoms with Crippen LogP contribution in [0, 0.1) is 5.82 Å². The van der Waals surface area contributed by atoms with Gasteiger partial charge >= 0.3 is 0 Å². The summed E-state index contributed by atoms with van der Waals surface area (Å²) in [6, 6.07) is 12.4. The summed E-state index contributed by atoms with van der Waals surface area (Å²) >= 11 is 0. The van der Waals surface area contributed by atoms with E-state index in [1.54, 1.807) is 24.5 Å². The number of carbonyl (C=O) groups is 2. The number of aromatic nitrogens is 2. The van der Waals surface area contributed by atoms with Gasteiger partial charge in [-0.2, -0.15) is 0 Å². The number of hydrogen-bond acceptors (Lipinski definition) is 3. The maximum absolute atomic E-state index is 14.8. The summed E-state index contributed by atoms with van der Waals surface area (Å²) in [6.45, 7) is 1.37. The number of H-pyrrole nitrogens is 1. The molecule has 5 rings (SSSR count). The molecule has 1 aliphatic heterocycles. The molecule has 1 aliphatic rings. The number of rotatable bonds is 6. The number of fused-ring (bicyclic) bond motifs is 2. The van der Waals surface area contributed by atoms with Crippen LogP contribution in [0.15, 0.2) is 54.9 Å². The standard InChI is InChI=1S/C24H21FN4O2/c1-26-10-5-11-29-13-17(15-7-4-8-18(25)22(15)29)21-20(23(30)28-24(21)31)16-12-27-19-9-3-2-6-14(16)19/h2-4,6-9,12-13,26-27H,5,10-11H2,1H3,(H,28,30,31). The highest BCUT2D eigenvalue weighted by molar-refractivity contribution is 6.50. The summed E-state index contributed by atoms with van der Waals surface area (Å²) in [5, 5.41) is 6.98. The Morgan fingerprint density at radius 3 is 2.52 bits per heavy atom. The largest absolute Gasteiger partial charge is 0.361 e. The van der Waals surface area contributed by atoms with E-state index in [-0.39, 0.29) is 11.4 Å². The first kappa shape index (κ1) is 19.3. The Bertz CT molecular complexity index is 1380. The van der Waals surface area contributed by atoms with Crippen LogP contribution in [0.25, 0.3) is 33.0 Å². The molecule has 2 aromatic heterocycles. The number of nitrogens with zero attached hydrogens (tertiary/aromatic N) is 1. The molecular weight excluding hydrogens is 395 g/mol. The topological polar surface area (TPSA) is 78.9 Å². The molecule has 0 atom stereocenters. The highest BCUT2D eigenvalue weighted by atomic mass is 19.1. The highest BCUT2D eigenvalue weighted by Gasteiger charge is 2.35. The lowest BCUT2D eigenvalue weighted by Gasteiger charge is -2.05. The van der Waals surface area contributed by atoms with E-state index < -0.39 is 11.8 Å². The minimum atomic E-state index is -0.469. The van der Waals surface area contributed by atoms with Crippen LogP contribution in [0.1, 0.15) is 17.5 Å².